The Morgan fingerprint density at radius 3 is 2.53 bits per heavy atom. The van der Waals surface area contributed by atoms with Crippen LogP contribution in [0.1, 0.15) is 30.1 Å². The maximum atomic E-state index is 13.5. The van der Waals surface area contributed by atoms with Crippen LogP contribution < -0.4 is 0 Å². The predicted molar refractivity (Wildman–Crippen MR) is 65.2 cm³/mol. The highest BCUT2D eigenvalue weighted by molar-refractivity contribution is 5.94. The van der Waals surface area contributed by atoms with Gasteiger partial charge in [-0.05, 0) is 31.9 Å². The molecule has 3 nitrogen and oxygen atoms in total. The van der Waals surface area contributed by atoms with Crippen LogP contribution in [0, 0.1) is 28.4 Å². The summed E-state index contributed by atoms with van der Waals surface area (Å²) in [4.78, 5) is 13.6. The van der Waals surface area contributed by atoms with Crippen LogP contribution in [0.15, 0.2) is 18.2 Å². The fourth-order valence-electron chi connectivity index (χ4n) is 2.15. The van der Waals surface area contributed by atoms with Crippen molar-refractivity contribution in [2.45, 2.75) is 19.8 Å². The lowest BCUT2D eigenvalue weighted by atomic mass is 9.82. The molecular weight excluding hydrogens is 250 g/mol. The number of nitrogens with zero attached hydrogens (tertiary/aromatic N) is 2. The summed E-state index contributed by atoms with van der Waals surface area (Å²) in [5, 5.41) is 9.01. The molecule has 1 aromatic carbocycles. The molecule has 0 saturated carbocycles. The summed E-state index contributed by atoms with van der Waals surface area (Å²) in [7, 11) is 0. The number of benzene rings is 1. The molecule has 1 amide bonds. The smallest absolute Gasteiger partial charge is 0.256 e. The van der Waals surface area contributed by atoms with Gasteiger partial charge in [0.1, 0.15) is 11.6 Å². The summed E-state index contributed by atoms with van der Waals surface area (Å²) in [5.41, 5.74) is -0.542. The van der Waals surface area contributed by atoms with Crippen LogP contribution in [0.5, 0.6) is 0 Å². The Morgan fingerprint density at radius 1 is 1.37 bits per heavy atom. The zero-order chi connectivity index (χ0) is 14.0. The summed E-state index contributed by atoms with van der Waals surface area (Å²) in [5.74, 6) is -2.00. The van der Waals surface area contributed by atoms with E-state index in [9.17, 15) is 13.6 Å². The van der Waals surface area contributed by atoms with Crippen LogP contribution in [-0.4, -0.2) is 23.9 Å². The van der Waals surface area contributed by atoms with E-state index in [1.165, 1.54) is 4.90 Å². The Hall–Kier alpha value is -1.96. The highest BCUT2D eigenvalue weighted by Gasteiger charge is 2.32. The molecule has 1 aromatic rings. The van der Waals surface area contributed by atoms with Crippen LogP contribution in [0.4, 0.5) is 8.78 Å². The first kappa shape index (κ1) is 13.5. The first-order valence-corrected chi connectivity index (χ1v) is 6.11. The lowest BCUT2D eigenvalue weighted by Gasteiger charge is -2.35. The van der Waals surface area contributed by atoms with Crippen LogP contribution in [-0.2, 0) is 0 Å². The van der Waals surface area contributed by atoms with Gasteiger partial charge in [0.05, 0.1) is 17.0 Å². The molecule has 0 atom stereocenters. The number of hydrogen-bond acceptors (Lipinski definition) is 2. The lowest BCUT2D eigenvalue weighted by molar-refractivity contribution is 0.0657. The van der Waals surface area contributed by atoms with Crippen molar-refractivity contribution in [1.82, 2.24) is 4.90 Å². The fourth-order valence-corrected chi connectivity index (χ4v) is 2.15. The van der Waals surface area contributed by atoms with Crippen molar-refractivity contribution in [2.24, 2.45) is 5.41 Å². The van der Waals surface area contributed by atoms with E-state index in [2.05, 4.69) is 6.07 Å². The van der Waals surface area contributed by atoms with Gasteiger partial charge in [-0.25, -0.2) is 8.78 Å². The summed E-state index contributed by atoms with van der Waals surface area (Å²) >= 11 is 0. The molecule has 0 aliphatic carbocycles. The van der Waals surface area contributed by atoms with Crippen LogP contribution in [0.2, 0.25) is 0 Å². The number of hydrogen-bond donors (Lipinski definition) is 0. The van der Waals surface area contributed by atoms with Crippen molar-refractivity contribution in [3.05, 3.63) is 35.4 Å². The molecule has 0 radical (unpaired) electrons. The monoisotopic (exact) mass is 264 g/mol. The Kier molecular flexibility index (Phi) is 3.52. The molecule has 1 fully saturated rings. The molecular formula is C14H14F2N2O. The van der Waals surface area contributed by atoms with Crippen molar-refractivity contribution in [3.63, 3.8) is 0 Å². The van der Waals surface area contributed by atoms with Crippen molar-refractivity contribution in [2.75, 3.05) is 13.1 Å². The number of carbonyl (C=O) groups excluding carboxylic acids is 1. The average molecular weight is 264 g/mol. The zero-order valence-electron chi connectivity index (χ0n) is 10.6. The minimum atomic E-state index is -0.849. The first-order chi connectivity index (χ1) is 8.95. The summed E-state index contributed by atoms with van der Waals surface area (Å²) in [6, 6.07) is 5.17. The van der Waals surface area contributed by atoms with Gasteiger partial charge in [0.2, 0.25) is 0 Å². The third kappa shape index (κ3) is 2.73. The quantitative estimate of drug-likeness (QED) is 0.782. The molecule has 0 unspecified atom stereocenters. The number of amides is 1. The molecule has 1 aliphatic rings. The predicted octanol–water partition coefficient (Wildman–Crippen LogP) is 2.73. The third-order valence-electron chi connectivity index (χ3n) is 3.59. The SMILES string of the molecule is CC1(C#N)CCN(C(=O)c2ccc(F)cc2F)CC1. The molecule has 1 saturated heterocycles. The van der Waals surface area contributed by atoms with Crippen molar-refractivity contribution in [3.8, 4) is 6.07 Å². The highest BCUT2D eigenvalue weighted by Crippen LogP contribution is 2.30. The first-order valence-electron chi connectivity index (χ1n) is 6.11. The van der Waals surface area contributed by atoms with Gasteiger partial charge in [0, 0.05) is 19.2 Å². The highest BCUT2D eigenvalue weighted by atomic mass is 19.1. The molecule has 1 heterocycles. The Bertz CT molecular complexity index is 543. The summed E-state index contributed by atoms with van der Waals surface area (Å²) < 4.78 is 26.3. The Balaban J connectivity index is 2.12. The van der Waals surface area contributed by atoms with Gasteiger partial charge in [0.25, 0.3) is 5.91 Å². The topological polar surface area (TPSA) is 44.1 Å². The van der Waals surface area contributed by atoms with Crippen molar-refractivity contribution >= 4 is 5.91 Å². The summed E-state index contributed by atoms with van der Waals surface area (Å²) in [6.45, 7) is 2.69. The van der Waals surface area contributed by atoms with E-state index in [4.69, 9.17) is 5.26 Å². The minimum Gasteiger partial charge on any atom is -0.338 e. The van der Waals surface area contributed by atoms with Crippen molar-refractivity contribution in [1.29, 1.82) is 5.26 Å². The number of carbonyl (C=O) groups is 1. The van der Waals surface area contributed by atoms with Crippen LogP contribution in [0.3, 0.4) is 0 Å². The molecule has 0 bridgehead atoms. The van der Waals surface area contributed by atoms with E-state index < -0.39 is 23.0 Å². The van der Waals surface area contributed by atoms with Gasteiger partial charge in [-0.1, -0.05) is 0 Å². The van der Waals surface area contributed by atoms with E-state index >= 15 is 0 Å². The maximum absolute atomic E-state index is 13.5. The van der Waals surface area contributed by atoms with Gasteiger partial charge in [-0.3, -0.25) is 4.79 Å². The molecule has 0 N–H and O–H groups in total. The second-order valence-electron chi connectivity index (χ2n) is 5.09. The lowest BCUT2D eigenvalue weighted by Crippen LogP contribution is -2.41. The largest absolute Gasteiger partial charge is 0.338 e. The van der Waals surface area contributed by atoms with Crippen molar-refractivity contribution < 1.29 is 13.6 Å². The second kappa shape index (κ2) is 4.96. The molecule has 0 aromatic heterocycles. The summed E-state index contributed by atoms with van der Waals surface area (Å²) in [6.07, 6.45) is 1.14. The van der Waals surface area contributed by atoms with Gasteiger partial charge in [0.15, 0.2) is 0 Å². The zero-order valence-corrected chi connectivity index (χ0v) is 10.6. The van der Waals surface area contributed by atoms with Crippen LogP contribution >= 0.6 is 0 Å². The maximum Gasteiger partial charge on any atom is 0.256 e. The second-order valence-corrected chi connectivity index (χ2v) is 5.09. The number of likely N-dealkylation sites (tertiary alicyclic amines) is 1. The molecule has 100 valence electrons. The van der Waals surface area contributed by atoms with E-state index in [0.717, 1.165) is 12.1 Å². The van der Waals surface area contributed by atoms with Gasteiger partial charge in [-0.15, -0.1) is 0 Å². The van der Waals surface area contributed by atoms with Crippen LogP contribution in [0.25, 0.3) is 0 Å². The average Bonchev–Trinajstić information content (AvgIpc) is 2.39. The Morgan fingerprint density at radius 2 is 2.00 bits per heavy atom. The number of piperidine rings is 1. The third-order valence-corrected chi connectivity index (χ3v) is 3.59. The molecule has 19 heavy (non-hydrogen) atoms. The standard InChI is InChI=1S/C14H14F2N2O/c1-14(9-17)4-6-18(7-5-14)13(19)11-3-2-10(15)8-12(11)16/h2-3,8H,4-7H2,1H3. The Labute approximate surface area is 110 Å². The van der Waals surface area contributed by atoms with E-state index in [0.29, 0.717) is 32.0 Å². The minimum absolute atomic E-state index is 0.123. The fraction of sp³-hybridized carbons (Fsp3) is 0.429. The normalized spacial score (nSPS) is 17.9. The number of nitriles is 1. The number of halogens is 2. The van der Waals surface area contributed by atoms with Gasteiger partial charge >= 0.3 is 0 Å². The van der Waals surface area contributed by atoms with E-state index in [1.807, 2.05) is 6.92 Å². The number of rotatable bonds is 1. The molecule has 1 aliphatic heterocycles. The van der Waals surface area contributed by atoms with E-state index in [1.54, 1.807) is 0 Å². The molecule has 2 rings (SSSR count). The van der Waals surface area contributed by atoms with Gasteiger partial charge in [-0.2, -0.15) is 5.26 Å². The van der Waals surface area contributed by atoms with E-state index in [-0.39, 0.29) is 5.56 Å². The van der Waals surface area contributed by atoms with Gasteiger partial charge < -0.3 is 4.90 Å². The molecule has 5 heteroatoms. The molecule has 0 spiro atoms.